The largest absolute Gasteiger partial charge is 0.393 e. The first-order valence-corrected chi connectivity index (χ1v) is 10.6. The number of aliphatic hydroxyl groups excluding tert-OH is 1. The number of hydrogen-bond donors (Lipinski definition) is 2. The van der Waals surface area contributed by atoms with Crippen LogP contribution in [0.2, 0.25) is 0 Å². The molecule has 25 heavy (non-hydrogen) atoms. The van der Waals surface area contributed by atoms with Crippen LogP contribution in [-0.2, 0) is 4.79 Å². The normalized spacial score (nSPS) is 58.2. The first-order chi connectivity index (χ1) is 11.6. The fourth-order valence-corrected chi connectivity index (χ4v) is 8.33. The molecular weight excluding hydrogens is 312 g/mol. The molecule has 4 fully saturated rings. The summed E-state index contributed by atoms with van der Waals surface area (Å²) in [6, 6.07) is 0. The third kappa shape index (κ3) is 2.15. The molecule has 3 heteroatoms. The lowest BCUT2D eigenvalue weighted by Crippen LogP contribution is -2.59. The quantitative estimate of drug-likeness (QED) is 0.754. The van der Waals surface area contributed by atoms with Crippen LogP contribution in [0.25, 0.3) is 0 Å². The molecule has 0 aromatic heterocycles. The topological polar surface area (TPSA) is 57.5 Å². The van der Waals surface area contributed by atoms with Gasteiger partial charge in [-0.15, -0.1) is 0 Å². The van der Waals surface area contributed by atoms with Crippen LogP contribution < -0.4 is 0 Å². The fourth-order valence-electron chi connectivity index (χ4n) is 8.33. The first-order valence-electron chi connectivity index (χ1n) is 10.6. The van der Waals surface area contributed by atoms with Gasteiger partial charge in [0.05, 0.1) is 6.10 Å². The fraction of sp³-hybridized carbons (Fsp3) is 0.955. The Morgan fingerprint density at radius 2 is 1.72 bits per heavy atom. The van der Waals surface area contributed by atoms with Crippen molar-refractivity contribution in [3.63, 3.8) is 0 Å². The second-order valence-electron chi connectivity index (χ2n) is 10.5. The maximum atomic E-state index is 12.4. The number of fused-ring (bicyclic) bond motifs is 5. The number of ketones is 1. The smallest absolute Gasteiger partial charge is 0.162 e. The summed E-state index contributed by atoms with van der Waals surface area (Å²) in [6.07, 6.45) is 8.53. The zero-order chi connectivity index (χ0) is 18.2. The van der Waals surface area contributed by atoms with E-state index in [1.807, 2.05) is 0 Å². The molecule has 0 unspecified atom stereocenters. The molecule has 9 atom stereocenters. The van der Waals surface area contributed by atoms with Gasteiger partial charge >= 0.3 is 0 Å². The molecule has 0 spiro atoms. The average Bonchev–Trinajstić information content (AvgIpc) is 2.77. The van der Waals surface area contributed by atoms with Crippen molar-refractivity contribution in [2.45, 2.75) is 90.8 Å². The van der Waals surface area contributed by atoms with E-state index in [1.165, 1.54) is 12.8 Å². The van der Waals surface area contributed by atoms with Crippen LogP contribution in [0.1, 0.15) is 79.1 Å². The highest BCUT2D eigenvalue weighted by Crippen LogP contribution is 2.69. The minimum absolute atomic E-state index is 0.0239. The first kappa shape index (κ1) is 18.0. The van der Waals surface area contributed by atoms with E-state index in [9.17, 15) is 15.0 Å². The van der Waals surface area contributed by atoms with Crippen molar-refractivity contribution in [3.8, 4) is 0 Å². The number of Topliss-reactive ketones (excluding diaryl/α,β-unsaturated/α-hetero) is 1. The lowest BCUT2D eigenvalue weighted by atomic mass is 9.44. The van der Waals surface area contributed by atoms with Gasteiger partial charge in [-0.25, -0.2) is 0 Å². The average molecular weight is 349 g/mol. The van der Waals surface area contributed by atoms with E-state index in [4.69, 9.17) is 0 Å². The summed E-state index contributed by atoms with van der Waals surface area (Å²) in [5.41, 5.74) is -1.04. The number of hydrogen-bond acceptors (Lipinski definition) is 3. The predicted molar refractivity (Wildman–Crippen MR) is 97.9 cm³/mol. The summed E-state index contributed by atoms with van der Waals surface area (Å²) in [6.45, 7) is 8.37. The maximum absolute atomic E-state index is 12.4. The second kappa shape index (κ2) is 5.55. The molecule has 0 aliphatic heterocycles. The Kier molecular flexibility index (Phi) is 3.99. The van der Waals surface area contributed by atoms with Gasteiger partial charge in [0.2, 0.25) is 0 Å². The van der Waals surface area contributed by atoms with Crippen LogP contribution in [0.3, 0.4) is 0 Å². The summed E-state index contributed by atoms with van der Waals surface area (Å²) < 4.78 is 0. The van der Waals surface area contributed by atoms with Crippen molar-refractivity contribution in [1.29, 1.82) is 0 Å². The SMILES string of the molecule is CC(=O)[C@]1(O)[C@@H](C)C[C@H]2[C@@H]3CC[C@@H]4C[C@@H](O)CC[C@@]4(C)[C@@H]3CC[C@]21C. The summed E-state index contributed by atoms with van der Waals surface area (Å²) in [7, 11) is 0. The lowest BCUT2D eigenvalue weighted by Gasteiger charge is -2.61. The Labute approximate surface area is 152 Å². The van der Waals surface area contributed by atoms with Gasteiger partial charge in [0.25, 0.3) is 0 Å². The van der Waals surface area contributed by atoms with Crippen LogP contribution in [-0.4, -0.2) is 27.7 Å². The van der Waals surface area contributed by atoms with E-state index < -0.39 is 5.60 Å². The van der Waals surface area contributed by atoms with Crippen molar-refractivity contribution in [2.75, 3.05) is 0 Å². The van der Waals surface area contributed by atoms with Gasteiger partial charge in [-0.3, -0.25) is 4.79 Å². The Morgan fingerprint density at radius 1 is 1.00 bits per heavy atom. The highest BCUT2D eigenvalue weighted by Gasteiger charge is 2.68. The second-order valence-corrected chi connectivity index (χ2v) is 10.5. The van der Waals surface area contributed by atoms with Gasteiger partial charge in [0.1, 0.15) is 5.60 Å². The third-order valence-corrected chi connectivity index (χ3v) is 9.76. The van der Waals surface area contributed by atoms with Crippen LogP contribution in [0.15, 0.2) is 0 Å². The van der Waals surface area contributed by atoms with Crippen molar-refractivity contribution >= 4 is 5.78 Å². The van der Waals surface area contributed by atoms with Crippen molar-refractivity contribution in [1.82, 2.24) is 0 Å². The molecule has 4 saturated carbocycles. The zero-order valence-electron chi connectivity index (χ0n) is 16.4. The third-order valence-electron chi connectivity index (χ3n) is 9.76. The van der Waals surface area contributed by atoms with E-state index >= 15 is 0 Å². The molecule has 0 heterocycles. The van der Waals surface area contributed by atoms with Gasteiger partial charge in [-0.05, 0) is 93.3 Å². The highest BCUT2D eigenvalue weighted by atomic mass is 16.3. The van der Waals surface area contributed by atoms with Crippen LogP contribution in [0.5, 0.6) is 0 Å². The van der Waals surface area contributed by atoms with Gasteiger partial charge in [-0.2, -0.15) is 0 Å². The molecule has 2 N–H and O–H groups in total. The monoisotopic (exact) mass is 348 g/mol. The predicted octanol–water partition coefficient (Wildman–Crippen LogP) is 3.96. The van der Waals surface area contributed by atoms with Gasteiger partial charge in [0.15, 0.2) is 5.78 Å². The van der Waals surface area contributed by atoms with E-state index in [0.29, 0.717) is 29.1 Å². The molecule has 0 aromatic rings. The molecule has 0 radical (unpaired) electrons. The molecule has 0 aromatic carbocycles. The molecule has 3 nitrogen and oxygen atoms in total. The summed E-state index contributed by atoms with van der Waals surface area (Å²) >= 11 is 0. The standard InChI is InChI=1S/C22H36O3/c1-13-11-19-17-6-5-15-12-16(24)7-9-20(15,3)18(17)8-10-21(19,4)22(13,25)14(2)23/h13,15-19,24-25H,5-12H2,1-4H3/t13-,15+,16-,17+,18+,19-,20+,21+,22+/m0/s1. The van der Waals surface area contributed by atoms with E-state index in [-0.39, 0.29) is 23.2 Å². The molecule has 4 aliphatic carbocycles. The lowest BCUT2D eigenvalue weighted by molar-refractivity contribution is -0.175. The molecule has 4 aliphatic rings. The van der Waals surface area contributed by atoms with E-state index in [2.05, 4.69) is 20.8 Å². The van der Waals surface area contributed by atoms with Crippen LogP contribution in [0, 0.1) is 40.4 Å². The number of carbonyl (C=O) groups is 1. The minimum Gasteiger partial charge on any atom is -0.393 e. The molecule has 0 amide bonds. The van der Waals surface area contributed by atoms with Crippen molar-refractivity contribution < 1.29 is 15.0 Å². The Hall–Kier alpha value is -0.410. The minimum atomic E-state index is -1.14. The zero-order valence-corrected chi connectivity index (χ0v) is 16.4. The van der Waals surface area contributed by atoms with Crippen molar-refractivity contribution in [2.24, 2.45) is 40.4 Å². The van der Waals surface area contributed by atoms with Crippen LogP contribution >= 0.6 is 0 Å². The number of rotatable bonds is 1. The molecule has 4 rings (SSSR count). The summed E-state index contributed by atoms with van der Waals surface area (Å²) in [4.78, 5) is 12.4. The molecule has 0 bridgehead atoms. The van der Waals surface area contributed by atoms with Gasteiger partial charge in [0, 0.05) is 5.41 Å². The maximum Gasteiger partial charge on any atom is 0.162 e. The van der Waals surface area contributed by atoms with Crippen molar-refractivity contribution in [3.05, 3.63) is 0 Å². The number of aliphatic hydroxyl groups is 2. The number of carbonyl (C=O) groups excluding carboxylic acids is 1. The van der Waals surface area contributed by atoms with Gasteiger partial charge < -0.3 is 10.2 Å². The Balaban J connectivity index is 1.67. The highest BCUT2D eigenvalue weighted by molar-refractivity contribution is 5.86. The molecule has 142 valence electrons. The Morgan fingerprint density at radius 3 is 2.40 bits per heavy atom. The van der Waals surface area contributed by atoms with Crippen LogP contribution in [0.4, 0.5) is 0 Å². The van der Waals surface area contributed by atoms with E-state index in [0.717, 1.165) is 38.5 Å². The molecular formula is C22H36O3. The summed E-state index contributed by atoms with van der Waals surface area (Å²) in [5, 5.41) is 21.6. The summed E-state index contributed by atoms with van der Waals surface area (Å²) in [5.74, 6) is 2.53. The van der Waals surface area contributed by atoms with Gasteiger partial charge in [-0.1, -0.05) is 20.8 Å². The Bertz CT molecular complexity index is 574. The van der Waals surface area contributed by atoms with E-state index in [1.54, 1.807) is 6.92 Å². The molecule has 0 saturated heterocycles.